The van der Waals surface area contributed by atoms with Crippen molar-refractivity contribution in [2.75, 3.05) is 13.2 Å². The van der Waals surface area contributed by atoms with Crippen molar-refractivity contribution in [2.45, 2.75) is 71.3 Å². The van der Waals surface area contributed by atoms with Crippen LogP contribution in [0, 0.1) is 23.4 Å². The number of hydrogen-bond donors (Lipinski definition) is 0. The number of hydrogen-bond acceptors (Lipinski definition) is 2. The minimum absolute atomic E-state index is 0.0364. The molecule has 0 radical (unpaired) electrons. The Balaban J connectivity index is 1.69. The molecule has 31 heavy (non-hydrogen) atoms. The van der Waals surface area contributed by atoms with Crippen LogP contribution in [0.15, 0.2) is 30.3 Å². The smallest absolute Gasteiger partial charge is 0.201 e. The van der Waals surface area contributed by atoms with Gasteiger partial charge in [-0.3, -0.25) is 0 Å². The standard InChI is InChI=1S/C26H33F3O2/c1-3-5-6-7-15-30-24-14-12-21(25(28)26(24)29)20-11-10-19(16-22(20)27)23-13-9-18(8-4-2)17-31-23/h10-12,14,16,18,23H,3-9,13,15,17H2,1-2H3. The maximum atomic E-state index is 14.8. The molecule has 0 bridgehead atoms. The quantitative estimate of drug-likeness (QED) is 0.353. The van der Waals surface area contributed by atoms with E-state index in [1.807, 2.05) is 0 Å². The zero-order chi connectivity index (χ0) is 22.2. The van der Waals surface area contributed by atoms with E-state index in [0.717, 1.165) is 56.9 Å². The predicted molar refractivity (Wildman–Crippen MR) is 118 cm³/mol. The van der Waals surface area contributed by atoms with E-state index in [4.69, 9.17) is 9.47 Å². The fourth-order valence-corrected chi connectivity index (χ4v) is 4.22. The Kier molecular flexibility index (Phi) is 8.82. The van der Waals surface area contributed by atoms with E-state index in [0.29, 0.717) is 19.1 Å². The predicted octanol–water partition coefficient (Wildman–Crippen LogP) is 8.00. The van der Waals surface area contributed by atoms with Gasteiger partial charge in [0.25, 0.3) is 0 Å². The molecule has 5 heteroatoms. The SMILES string of the molecule is CCCCCCOc1ccc(-c2ccc(C3CCC(CCC)CO3)cc2F)c(F)c1F. The fraction of sp³-hybridized carbons (Fsp3) is 0.538. The highest BCUT2D eigenvalue weighted by atomic mass is 19.2. The summed E-state index contributed by atoms with van der Waals surface area (Å²) in [6.07, 6.45) is 7.97. The molecular formula is C26H33F3O2. The highest BCUT2D eigenvalue weighted by Gasteiger charge is 2.24. The van der Waals surface area contributed by atoms with Crippen LogP contribution in [0.25, 0.3) is 11.1 Å². The number of halogens is 3. The summed E-state index contributed by atoms with van der Waals surface area (Å²) in [5, 5.41) is 0. The van der Waals surface area contributed by atoms with Gasteiger partial charge in [0.05, 0.1) is 19.3 Å². The number of ether oxygens (including phenoxy) is 2. The molecule has 0 N–H and O–H groups in total. The Bertz CT molecular complexity index is 845. The van der Waals surface area contributed by atoms with Crippen molar-refractivity contribution >= 4 is 0 Å². The molecule has 3 rings (SSSR count). The molecule has 170 valence electrons. The molecule has 2 unspecified atom stereocenters. The van der Waals surface area contributed by atoms with Gasteiger partial charge >= 0.3 is 0 Å². The van der Waals surface area contributed by atoms with Gasteiger partial charge in [-0.2, -0.15) is 4.39 Å². The van der Waals surface area contributed by atoms with Gasteiger partial charge in [0.1, 0.15) is 5.82 Å². The Labute approximate surface area is 183 Å². The molecule has 2 aromatic carbocycles. The van der Waals surface area contributed by atoms with E-state index in [1.165, 1.54) is 24.3 Å². The molecule has 2 aromatic rings. The Morgan fingerprint density at radius 1 is 0.903 bits per heavy atom. The Morgan fingerprint density at radius 3 is 2.39 bits per heavy atom. The lowest BCUT2D eigenvalue weighted by Gasteiger charge is -2.29. The molecule has 1 fully saturated rings. The second kappa shape index (κ2) is 11.6. The van der Waals surface area contributed by atoms with Crippen molar-refractivity contribution in [2.24, 2.45) is 5.92 Å². The molecule has 0 amide bonds. The molecule has 0 aliphatic carbocycles. The lowest BCUT2D eigenvalue weighted by atomic mass is 9.91. The molecule has 0 spiro atoms. The lowest BCUT2D eigenvalue weighted by Crippen LogP contribution is -2.20. The van der Waals surface area contributed by atoms with Gasteiger partial charge < -0.3 is 9.47 Å². The van der Waals surface area contributed by atoms with Crippen LogP contribution >= 0.6 is 0 Å². The molecule has 2 nitrogen and oxygen atoms in total. The van der Waals surface area contributed by atoms with Crippen molar-refractivity contribution in [1.82, 2.24) is 0 Å². The van der Waals surface area contributed by atoms with Crippen molar-refractivity contribution in [3.63, 3.8) is 0 Å². The van der Waals surface area contributed by atoms with E-state index >= 15 is 0 Å². The Hall–Kier alpha value is -2.01. The van der Waals surface area contributed by atoms with Crippen molar-refractivity contribution in [1.29, 1.82) is 0 Å². The maximum Gasteiger partial charge on any atom is 0.201 e. The first-order chi connectivity index (χ1) is 15.0. The third kappa shape index (κ3) is 6.03. The van der Waals surface area contributed by atoms with E-state index < -0.39 is 17.5 Å². The monoisotopic (exact) mass is 434 g/mol. The third-order valence-corrected chi connectivity index (χ3v) is 6.02. The van der Waals surface area contributed by atoms with Gasteiger partial charge in [0.15, 0.2) is 11.6 Å². The van der Waals surface area contributed by atoms with Crippen LogP contribution in [0.4, 0.5) is 13.2 Å². The molecule has 0 aromatic heterocycles. The second-order valence-corrected chi connectivity index (χ2v) is 8.44. The summed E-state index contributed by atoms with van der Waals surface area (Å²) in [5.74, 6) is -2.31. The molecule has 1 heterocycles. The highest BCUT2D eigenvalue weighted by molar-refractivity contribution is 5.66. The summed E-state index contributed by atoms with van der Waals surface area (Å²) in [7, 11) is 0. The van der Waals surface area contributed by atoms with E-state index in [2.05, 4.69) is 13.8 Å². The molecule has 0 saturated carbocycles. The molecule has 1 saturated heterocycles. The van der Waals surface area contributed by atoms with Crippen LogP contribution in [-0.2, 0) is 4.74 Å². The van der Waals surface area contributed by atoms with Crippen molar-refractivity contribution in [3.05, 3.63) is 53.3 Å². The topological polar surface area (TPSA) is 18.5 Å². The van der Waals surface area contributed by atoms with Crippen LogP contribution in [0.3, 0.4) is 0 Å². The number of unbranched alkanes of at least 4 members (excludes halogenated alkanes) is 3. The summed E-state index contributed by atoms with van der Waals surface area (Å²) < 4.78 is 55.3. The van der Waals surface area contributed by atoms with E-state index in [1.54, 1.807) is 6.07 Å². The average molecular weight is 435 g/mol. The lowest BCUT2D eigenvalue weighted by molar-refractivity contribution is -0.0195. The zero-order valence-electron chi connectivity index (χ0n) is 18.6. The minimum atomic E-state index is -1.09. The Morgan fingerprint density at radius 2 is 1.71 bits per heavy atom. The number of rotatable bonds is 10. The first-order valence-corrected chi connectivity index (χ1v) is 11.6. The van der Waals surface area contributed by atoms with Gasteiger partial charge in [-0.1, -0.05) is 51.7 Å². The average Bonchev–Trinajstić information content (AvgIpc) is 2.78. The minimum Gasteiger partial charge on any atom is -0.490 e. The van der Waals surface area contributed by atoms with Gasteiger partial charge in [0.2, 0.25) is 5.82 Å². The summed E-state index contributed by atoms with van der Waals surface area (Å²) in [5.41, 5.74) is 0.672. The van der Waals surface area contributed by atoms with Crippen molar-refractivity contribution < 1.29 is 22.6 Å². The number of benzene rings is 2. The largest absolute Gasteiger partial charge is 0.490 e. The first-order valence-electron chi connectivity index (χ1n) is 11.6. The van der Waals surface area contributed by atoms with E-state index in [-0.39, 0.29) is 23.0 Å². The van der Waals surface area contributed by atoms with Crippen molar-refractivity contribution in [3.8, 4) is 16.9 Å². The molecule has 2 atom stereocenters. The second-order valence-electron chi connectivity index (χ2n) is 8.44. The highest BCUT2D eigenvalue weighted by Crippen LogP contribution is 2.36. The summed E-state index contributed by atoms with van der Waals surface area (Å²) in [4.78, 5) is 0. The van der Waals surface area contributed by atoms with Crippen LogP contribution in [0.1, 0.15) is 76.9 Å². The maximum absolute atomic E-state index is 14.8. The van der Waals surface area contributed by atoms with Gasteiger partial charge in [-0.25, -0.2) is 8.78 Å². The van der Waals surface area contributed by atoms with E-state index in [9.17, 15) is 13.2 Å². The molecule has 1 aliphatic rings. The van der Waals surface area contributed by atoms with Gasteiger partial charge in [0, 0.05) is 11.1 Å². The first kappa shape index (κ1) is 23.6. The zero-order valence-corrected chi connectivity index (χ0v) is 18.6. The van der Waals surface area contributed by atoms with Gasteiger partial charge in [-0.05, 0) is 55.4 Å². The summed E-state index contributed by atoms with van der Waals surface area (Å²) >= 11 is 0. The fourth-order valence-electron chi connectivity index (χ4n) is 4.22. The summed E-state index contributed by atoms with van der Waals surface area (Å²) in [6, 6.07) is 7.40. The van der Waals surface area contributed by atoms with Gasteiger partial charge in [-0.15, -0.1) is 0 Å². The summed E-state index contributed by atoms with van der Waals surface area (Å²) in [6.45, 7) is 5.28. The van der Waals surface area contributed by atoms with Crippen LogP contribution in [0.5, 0.6) is 5.75 Å². The van der Waals surface area contributed by atoms with Crippen LogP contribution in [0.2, 0.25) is 0 Å². The normalized spacial score (nSPS) is 18.9. The van der Waals surface area contributed by atoms with Crippen LogP contribution in [-0.4, -0.2) is 13.2 Å². The molecule has 1 aliphatic heterocycles. The third-order valence-electron chi connectivity index (χ3n) is 6.02. The molecular weight excluding hydrogens is 401 g/mol. The van der Waals surface area contributed by atoms with Crippen LogP contribution < -0.4 is 4.74 Å².